The van der Waals surface area contributed by atoms with E-state index in [1.165, 1.54) is 32.0 Å². The first-order valence-electron chi connectivity index (χ1n) is 10.2. The van der Waals surface area contributed by atoms with Crippen LogP contribution >= 0.6 is 11.6 Å². The number of carbonyl (C=O) groups is 4. The van der Waals surface area contributed by atoms with Gasteiger partial charge in [0.15, 0.2) is 23.1 Å². The average Bonchev–Trinajstić information content (AvgIpc) is 2.69. The summed E-state index contributed by atoms with van der Waals surface area (Å²) in [5.74, 6) is -10.6. The predicted molar refractivity (Wildman–Crippen MR) is 114 cm³/mol. The number of phenolic OH excluding ortho intramolecular Hbond substituents is 1. The summed E-state index contributed by atoms with van der Waals surface area (Å²) < 4.78 is 0. The molecule has 33 heavy (non-hydrogen) atoms. The highest BCUT2D eigenvalue weighted by Crippen LogP contribution is 2.57. The number of nitrogens with zero attached hydrogens (tertiary/aromatic N) is 1. The minimum Gasteiger partial charge on any atom is -0.507 e. The first-order valence-corrected chi connectivity index (χ1v) is 10.6. The lowest BCUT2D eigenvalue weighted by molar-refractivity contribution is -0.179. The smallest absolute Gasteiger partial charge is 0.235 e. The summed E-state index contributed by atoms with van der Waals surface area (Å²) in [5.41, 5.74) is -0.337. The van der Waals surface area contributed by atoms with Crippen LogP contribution in [0.25, 0.3) is 5.76 Å². The van der Waals surface area contributed by atoms with E-state index >= 15 is 0 Å². The van der Waals surface area contributed by atoms with Gasteiger partial charge < -0.3 is 26.2 Å². The molecular formula is C22H23ClN2O8. The fourth-order valence-electron chi connectivity index (χ4n) is 5.72. The molecule has 2 unspecified atom stereocenters. The van der Waals surface area contributed by atoms with E-state index in [0.29, 0.717) is 0 Å². The molecule has 0 radical (unpaired) electrons. The summed E-state index contributed by atoms with van der Waals surface area (Å²) in [4.78, 5) is 53.2. The van der Waals surface area contributed by atoms with Crippen molar-refractivity contribution in [3.63, 3.8) is 0 Å². The third-order valence-electron chi connectivity index (χ3n) is 7.21. The Morgan fingerprint density at radius 2 is 1.79 bits per heavy atom. The number of hydrogen-bond donors (Lipinski definition) is 5. The Balaban J connectivity index is 2.03. The Hall–Kier alpha value is -2.79. The largest absolute Gasteiger partial charge is 0.507 e. The molecule has 0 aromatic heterocycles. The molecule has 10 nitrogen and oxygen atoms in total. The molecule has 0 spiro atoms. The van der Waals surface area contributed by atoms with Crippen molar-refractivity contribution in [2.24, 2.45) is 23.5 Å². The maximum absolute atomic E-state index is 13.7. The SMILES string of the molecule is CN(C)[C@@H]1C(=O)C(C(N)=O)C(=O)[C@@]2(O)C(=O)C3=C(O)c4c(O)ccc(Cl)c4[C@@](C)(O)C3C[C@@H]12. The van der Waals surface area contributed by atoms with E-state index in [1.54, 1.807) is 0 Å². The molecule has 2 saturated carbocycles. The minimum atomic E-state index is -2.86. The number of ketones is 3. The van der Waals surface area contributed by atoms with Crippen LogP contribution in [0.2, 0.25) is 5.02 Å². The average molecular weight is 479 g/mol. The number of phenols is 1. The number of halogens is 1. The number of primary amides is 1. The van der Waals surface area contributed by atoms with Crippen molar-refractivity contribution in [2.45, 2.75) is 30.6 Å². The first-order chi connectivity index (χ1) is 15.2. The third-order valence-corrected chi connectivity index (χ3v) is 7.53. The van der Waals surface area contributed by atoms with E-state index < -0.39 is 75.3 Å². The maximum atomic E-state index is 13.7. The number of benzene rings is 1. The minimum absolute atomic E-state index is 0.0143. The summed E-state index contributed by atoms with van der Waals surface area (Å²) >= 11 is 6.27. The van der Waals surface area contributed by atoms with Gasteiger partial charge >= 0.3 is 0 Å². The van der Waals surface area contributed by atoms with Gasteiger partial charge in [0.25, 0.3) is 0 Å². The molecule has 1 amide bonds. The van der Waals surface area contributed by atoms with Gasteiger partial charge in [0, 0.05) is 28.0 Å². The van der Waals surface area contributed by atoms with Crippen LogP contribution in [0.15, 0.2) is 17.7 Å². The van der Waals surface area contributed by atoms with Gasteiger partial charge in [-0.15, -0.1) is 0 Å². The number of fused-ring (bicyclic) bond motifs is 3. The summed E-state index contributed by atoms with van der Waals surface area (Å²) in [6.07, 6.45) is -0.286. The number of rotatable bonds is 2. The van der Waals surface area contributed by atoms with Crippen LogP contribution < -0.4 is 5.73 Å². The molecule has 1 aromatic carbocycles. The van der Waals surface area contributed by atoms with Crippen molar-refractivity contribution < 1.29 is 39.6 Å². The Kier molecular flexibility index (Phi) is 5.03. The monoisotopic (exact) mass is 478 g/mol. The molecule has 0 saturated heterocycles. The first kappa shape index (κ1) is 23.4. The standard InChI is InChI=1S/C22H23ClN2O8/c1-21(32)7-6-8-15(25(2)3)17(28)13(20(24)31)19(30)22(8,33)18(29)11(7)16(27)12-10(26)5-4-9(23)14(12)21/h4-5,7-8,13,15,26-27,32-33H,6H2,1-3H3,(H2,24,31)/t7?,8-,13?,15-,21-,22-/m0/s1. The van der Waals surface area contributed by atoms with Crippen LogP contribution in [0.5, 0.6) is 5.75 Å². The van der Waals surface area contributed by atoms with Crippen molar-refractivity contribution in [1.82, 2.24) is 4.90 Å². The van der Waals surface area contributed by atoms with Gasteiger partial charge in [0.2, 0.25) is 11.7 Å². The highest BCUT2D eigenvalue weighted by molar-refractivity contribution is 6.33. The number of amides is 1. The van der Waals surface area contributed by atoms with Crippen LogP contribution in [0.1, 0.15) is 24.5 Å². The zero-order valence-corrected chi connectivity index (χ0v) is 18.8. The highest BCUT2D eigenvalue weighted by Gasteiger charge is 2.69. The molecular weight excluding hydrogens is 456 g/mol. The molecule has 176 valence electrons. The molecule has 6 atom stereocenters. The van der Waals surface area contributed by atoms with E-state index in [2.05, 4.69) is 0 Å². The quantitative estimate of drug-likeness (QED) is 0.355. The van der Waals surface area contributed by atoms with E-state index in [-0.39, 0.29) is 22.6 Å². The molecule has 0 bridgehead atoms. The lowest BCUT2D eigenvalue weighted by atomic mass is 9.52. The normalized spacial score (nSPS) is 35.9. The number of nitrogens with two attached hydrogens (primary N) is 1. The molecule has 6 N–H and O–H groups in total. The van der Waals surface area contributed by atoms with E-state index in [1.807, 2.05) is 0 Å². The van der Waals surface area contributed by atoms with Gasteiger partial charge in [-0.1, -0.05) is 11.6 Å². The van der Waals surface area contributed by atoms with Gasteiger partial charge in [-0.2, -0.15) is 0 Å². The van der Waals surface area contributed by atoms with Crippen LogP contribution in [-0.4, -0.2) is 74.3 Å². The number of likely N-dealkylation sites (N-methyl/N-ethyl adjacent to an activating group) is 1. The maximum Gasteiger partial charge on any atom is 0.235 e. The lowest BCUT2D eigenvalue weighted by Gasteiger charge is -2.53. The summed E-state index contributed by atoms with van der Waals surface area (Å²) in [7, 11) is 2.96. The van der Waals surface area contributed by atoms with Crippen LogP contribution in [0.4, 0.5) is 0 Å². The number of Topliss-reactive ketones (excluding diaryl/α,β-unsaturated/α-hetero) is 3. The number of aliphatic hydroxyl groups is 3. The number of aromatic hydroxyl groups is 1. The molecule has 4 rings (SSSR count). The predicted octanol–water partition coefficient (Wildman–Crippen LogP) is -0.344. The van der Waals surface area contributed by atoms with Gasteiger partial charge in [0.05, 0.1) is 17.2 Å². The van der Waals surface area contributed by atoms with E-state index in [9.17, 15) is 39.6 Å². The number of carbonyl (C=O) groups excluding carboxylic acids is 4. The van der Waals surface area contributed by atoms with E-state index in [0.717, 1.165) is 6.07 Å². The van der Waals surface area contributed by atoms with Crippen LogP contribution in [-0.2, 0) is 24.8 Å². The topological polar surface area (TPSA) is 178 Å². The van der Waals surface area contributed by atoms with Crippen LogP contribution in [0, 0.1) is 17.8 Å². The Morgan fingerprint density at radius 3 is 2.33 bits per heavy atom. The van der Waals surface area contributed by atoms with E-state index in [4.69, 9.17) is 17.3 Å². The van der Waals surface area contributed by atoms with Crippen molar-refractivity contribution in [3.05, 3.63) is 33.9 Å². The van der Waals surface area contributed by atoms with Gasteiger partial charge in [0.1, 0.15) is 11.5 Å². The van der Waals surface area contributed by atoms with Crippen LogP contribution in [0.3, 0.4) is 0 Å². The van der Waals surface area contributed by atoms with Crippen molar-refractivity contribution in [2.75, 3.05) is 14.1 Å². The Labute approximate surface area is 193 Å². The second kappa shape index (κ2) is 7.10. The Morgan fingerprint density at radius 1 is 1.18 bits per heavy atom. The molecule has 11 heteroatoms. The summed E-state index contributed by atoms with van der Waals surface area (Å²) in [6.45, 7) is 1.33. The van der Waals surface area contributed by atoms with Gasteiger partial charge in [-0.3, -0.25) is 24.1 Å². The molecule has 3 aliphatic carbocycles. The summed E-state index contributed by atoms with van der Waals surface area (Å²) in [6, 6.07) is 1.22. The van der Waals surface area contributed by atoms with Crippen molar-refractivity contribution in [1.29, 1.82) is 0 Å². The molecule has 0 aliphatic heterocycles. The summed E-state index contributed by atoms with van der Waals surface area (Å²) in [5, 5.41) is 44.3. The zero-order valence-electron chi connectivity index (χ0n) is 18.0. The fraction of sp³-hybridized carbons (Fsp3) is 0.455. The molecule has 0 heterocycles. The molecule has 3 aliphatic rings. The molecule has 2 fully saturated rings. The Bertz CT molecular complexity index is 1170. The second-order valence-corrected chi connectivity index (χ2v) is 9.63. The van der Waals surface area contributed by atoms with Crippen molar-refractivity contribution in [3.8, 4) is 5.75 Å². The zero-order chi connectivity index (χ0) is 24.8. The van der Waals surface area contributed by atoms with Gasteiger partial charge in [-0.25, -0.2) is 0 Å². The van der Waals surface area contributed by atoms with Crippen molar-refractivity contribution >= 4 is 40.6 Å². The highest BCUT2D eigenvalue weighted by atomic mass is 35.5. The second-order valence-electron chi connectivity index (χ2n) is 9.23. The fourth-order valence-corrected chi connectivity index (χ4v) is 6.07. The molecule has 1 aromatic rings. The number of aliphatic hydroxyl groups excluding tert-OH is 1. The lowest BCUT2D eigenvalue weighted by Crippen LogP contribution is -2.73. The number of hydrogen-bond acceptors (Lipinski definition) is 9. The third kappa shape index (κ3) is 2.78. The van der Waals surface area contributed by atoms with Gasteiger partial charge in [-0.05, 0) is 39.6 Å².